The third-order valence-corrected chi connectivity index (χ3v) is 3.96. The number of nitrogens with one attached hydrogen (secondary N) is 2. The van der Waals surface area contributed by atoms with Crippen molar-refractivity contribution in [3.63, 3.8) is 0 Å². The molecule has 2 aromatic carbocycles. The molecule has 4 N–H and O–H groups in total. The van der Waals surface area contributed by atoms with Crippen LogP contribution in [0.1, 0.15) is 18.5 Å². The van der Waals surface area contributed by atoms with E-state index >= 15 is 0 Å². The second-order valence-electron chi connectivity index (χ2n) is 5.14. The minimum Gasteiger partial charge on any atom is -0.484 e. The van der Waals surface area contributed by atoms with Crippen LogP contribution in [-0.4, -0.2) is 18.5 Å². The van der Waals surface area contributed by atoms with E-state index < -0.39 is 6.03 Å². The van der Waals surface area contributed by atoms with Crippen molar-refractivity contribution in [2.45, 2.75) is 13.0 Å². The van der Waals surface area contributed by atoms with Crippen LogP contribution in [0.4, 0.5) is 10.5 Å². The highest BCUT2D eigenvalue weighted by Gasteiger charge is 2.10. The molecule has 3 amide bonds. The zero-order chi connectivity index (χ0) is 17.5. The molecule has 2 rings (SSSR count). The lowest BCUT2D eigenvalue weighted by molar-refractivity contribution is -0.123. The fourth-order valence-electron chi connectivity index (χ4n) is 2.04. The van der Waals surface area contributed by atoms with E-state index in [1.165, 1.54) is 0 Å². The van der Waals surface area contributed by atoms with Crippen molar-refractivity contribution in [2.75, 3.05) is 11.9 Å². The second-order valence-corrected chi connectivity index (χ2v) is 6.39. The molecular formula is C17H18IN3O3. The van der Waals surface area contributed by atoms with Crippen molar-refractivity contribution in [3.05, 3.63) is 57.7 Å². The summed E-state index contributed by atoms with van der Waals surface area (Å²) in [5.41, 5.74) is 6.57. The Labute approximate surface area is 153 Å². The van der Waals surface area contributed by atoms with E-state index in [1.807, 2.05) is 43.3 Å². The van der Waals surface area contributed by atoms with Gasteiger partial charge in [0, 0.05) is 9.26 Å². The van der Waals surface area contributed by atoms with Gasteiger partial charge in [0.2, 0.25) is 0 Å². The molecule has 0 aliphatic rings. The number of urea groups is 1. The largest absolute Gasteiger partial charge is 0.484 e. The van der Waals surface area contributed by atoms with E-state index in [4.69, 9.17) is 10.5 Å². The highest BCUT2D eigenvalue weighted by molar-refractivity contribution is 14.1. The van der Waals surface area contributed by atoms with Gasteiger partial charge in [-0.1, -0.05) is 12.1 Å². The molecule has 0 aromatic heterocycles. The van der Waals surface area contributed by atoms with E-state index in [1.54, 1.807) is 12.1 Å². The molecule has 0 saturated heterocycles. The Balaban J connectivity index is 1.84. The van der Waals surface area contributed by atoms with E-state index in [2.05, 4.69) is 33.2 Å². The second kappa shape index (κ2) is 8.53. The first kappa shape index (κ1) is 18.1. The normalized spacial score (nSPS) is 11.4. The number of hydrogen-bond acceptors (Lipinski definition) is 3. The summed E-state index contributed by atoms with van der Waals surface area (Å²) in [7, 11) is 0. The molecule has 24 heavy (non-hydrogen) atoms. The quantitative estimate of drug-likeness (QED) is 0.605. The Morgan fingerprint density at radius 2 is 1.75 bits per heavy atom. The summed E-state index contributed by atoms with van der Waals surface area (Å²) < 4.78 is 6.55. The van der Waals surface area contributed by atoms with Gasteiger partial charge >= 0.3 is 6.03 Å². The van der Waals surface area contributed by atoms with Gasteiger partial charge in [0.15, 0.2) is 6.61 Å². The molecule has 0 saturated carbocycles. The molecule has 2 aromatic rings. The van der Waals surface area contributed by atoms with Crippen LogP contribution in [0.2, 0.25) is 0 Å². The highest BCUT2D eigenvalue weighted by Crippen LogP contribution is 2.16. The number of rotatable bonds is 6. The maximum atomic E-state index is 12.0. The fourth-order valence-corrected chi connectivity index (χ4v) is 2.40. The van der Waals surface area contributed by atoms with Gasteiger partial charge in [0.05, 0.1) is 6.04 Å². The fraction of sp³-hybridized carbons (Fsp3) is 0.176. The maximum Gasteiger partial charge on any atom is 0.316 e. The molecule has 126 valence electrons. The van der Waals surface area contributed by atoms with Crippen LogP contribution in [0.15, 0.2) is 48.5 Å². The van der Waals surface area contributed by atoms with Gasteiger partial charge in [-0.2, -0.15) is 0 Å². The van der Waals surface area contributed by atoms with E-state index in [9.17, 15) is 9.59 Å². The first-order valence-corrected chi connectivity index (χ1v) is 8.36. The van der Waals surface area contributed by atoms with Crippen molar-refractivity contribution < 1.29 is 14.3 Å². The SMILES string of the molecule is CC(NC(=O)COc1ccc(I)cc1)c1ccc(NC(N)=O)cc1. The Morgan fingerprint density at radius 3 is 2.33 bits per heavy atom. The van der Waals surface area contributed by atoms with Gasteiger partial charge in [-0.3, -0.25) is 4.79 Å². The van der Waals surface area contributed by atoms with Gasteiger partial charge in [-0.25, -0.2) is 4.79 Å². The average Bonchev–Trinajstić information content (AvgIpc) is 2.54. The molecule has 7 heteroatoms. The predicted molar refractivity (Wildman–Crippen MR) is 101 cm³/mol. The van der Waals surface area contributed by atoms with Crippen molar-refractivity contribution in [2.24, 2.45) is 5.73 Å². The molecule has 0 radical (unpaired) electrons. The number of ether oxygens (including phenoxy) is 1. The number of halogens is 1. The first-order chi connectivity index (χ1) is 11.4. The summed E-state index contributed by atoms with van der Waals surface area (Å²) in [6, 6.07) is 13.8. The number of primary amides is 1. The molecule has 0 heterocycles. The lowest BCUT2D eigenvalue weighted by Crippen LogP contribution is -2.31. The third kappa shape index (κ3) is 5.73. The zero-order valence-corrected chi connectivity index (χ0v) is 15.2. The van der Waals surface area contributed by atoms with Gasteiger partial charge in [-0.05, 0) is 71.5 Å². The molecule has 0 spiro atoms. The Hall–Kier alpha value is -2.29. The molecular weight excluding hydrogens is 421 g/mol. The highest BCUT2D eigenvalue weighted by atomic mass is 127. The van der Waals surface area contributed by atoms with Crippen LogP contribution in [0, 0.1) is 3.57 Å². The number of hydrogen-bond donors (Lipinski definition) is 3. The molecule has 0 aliphatic heterocycles. The van der Waals surface area contributed by atoms with Crippen LogP contribution in [0.25, 0.3) is 0 Å². The van der Waals surface area contributed by atoms with E-state index in [0.29, 0.717) is 11.4 Å². The molecule has 1 atom stereocenters. The number of carbonyl (C=O) groups excluding carboxylic acids is 2. The minimum atomic E-state index is -0.614. The lowest BCUT2D eigenvalue weighted by Gasteiger charge is -2.15. The Kier molecular flexibility index (Phi) is 6.42. The lowest BCUT2D eigenvalue weighted by atomic mass is 10.1. The molecule has 1 unspecified atom stereocenters. The summed E-state index contributed by atoms with van der Waals surface area (Å²) in [6.45, 7) is 1.82. The average molecular weight is 439 g/mol. The van der Waals surface area contributed by atoms with Crippen molar-refractivity contribution in [1.82, 2.24) is 5.32 Å². The molecule has 0 fully saturated rings. The van der Waals surface area contributed by atoms with E-state index in [0.717, 1.165) is 9.13 Å². The van der Waals surface area contributed by atoms with Crippen LogP contribution in [-0.2, 0) is 4.79 Å². The third-order valence-electron chi connectivity index (χ3n) is 3.24. The topological polar surface area (TPSA) is 93.4 Å². The van der Waals surface area contributed by atoms with E-state index in [-0.39, 0.29) is 18.6 Å². The van der Waals surface area contributed by atoms with Gasteiger partial charge in [-0.15, -0.1) is 0 Å². The number of benzene rings is 2. The van der Waals surface area contributed by atoms with Crippen molar-refractivity contribution >= 4 is 40.2 Å². The molecule has 6 nitrogen and oxygen atoms in total. The summed E-state index contributed by atoms with van der Waals surface area (Å²) in [5, 5.41) is 5.35. The van der Waals surface area contributed by atoms with Crippen LogP contribution >= 0.6 is 22.6 Å². The summed E-state index contributed by atoms with van der Waals surface area (Å²) in [5.74, 6) is 0.445. The number of amides is 3. The summed E-state index contributed by atoms with van der Waals surface area (Å²) in [6.07, 6.45) is 0. The van der Waals surface area contributed by atoms with Crippen LogP contribution < -0.4 is 21.1 Å². The van der Waals surface area contributed by atoms with Gasteiger partial charge < -0.3 is 21.1 Å². The van der Waals surface area contributed by atoms with Crippen molar-refractivity contribution in [3.8, 4) is 5.75 Å². The number of carbonyl (C=O) groups is 2. The van der Waals surface area contributed by atoms with Crippen LogP contribution in [0.5, 0.6) is 5.75 Å². The smallest absolute Gasteiger partial charge is 0.316 e. The summed E-state index contributed by atoms with van der Waals surface area (Å²) >= 11 is 2.20. The number of nitrogens with two attached hydrogens (primary N) is 1. The zero-order valence-electron chi connectivity index (χ0n) is 13.1. The van der Waals surface area contributed by atoms with Gasteiger partial charge in [0.1, 0.15) is 5.75 Å². The number of anilines is 1. The predicted octanol–water partition coefficient (Wildman–Crippen LogP) is 3.04. The summed E-state index contributed by atoms with van der Waals surface area (Å²) in [4.78, 5) is 22.7. The standard InChI is InChI=1S/C17H18IN3O3/c1-11(12-2-6-14(7-3-12)21-17(19)23)20-16(22)10-24-15-8-4-13(18)5-9-15/h2-9,11H,10H2,1H3,(H,20,22)(H3,19,21,23). The van der Waals surface area contributed by atoms with Gasteiger partial charge in [0.25, 0.3) is 5.91 Å². The monoisotopic (exact) mass is 439 g/mol. The van der Waals surface area contributed by atoms with Crippen molar-refractivity contribution in [1.29, 1.82) is 0 Å². The Bertz CT molecular complexity index is 702. The van der Waals surface area contributed by atoms with Crippen LogP contribution in [0.3, 0.4) is 0 Å². The minimum absolute atomic E-state index is 0.0494. The Morgan fingerprint density at radius 1 is 1.12 bits per heavy atom. The maximum absolute atomic E-state index is 12.0. The molecule has 0 aliphatic carbocycles. The molecule has 0 bridgehead atoms. The first-order valence-electron chi connectivity index (χ1n) is 7.28.